The molecule has 1 unspecified atom stereocenters. The molecule has 1 aliphatic carbocycles. The molecular weight excluding hydrogens is 230 g/mol. The van der Waals surface area contributed by atoms with Gasteiger partial charge in [-0.25, -0.2) is 0 Å². The van der Waals surface area contributed by atoms with Crippen LogP contribution in [0.4, 0.5) is 14.6 Å². The van der Waals surface area contributed by atoms with E-state index in [4.69, 9.17) is 0 Å². The van der Waals surface area contributed by atoms with Gasteiger partial charge in [0, 0.05) is 0 Å². The monoisotopic (exact) mass is 238 g/mol. The lowest BCUT2D eigenvalue weighted by Gasteiger charge is -2.10. The highest BCUT2D eigenvalue weighted by Gasteiger charge is 2.69. The molecular formula is C11H8F2N2O2. The second-order valence-electron chi connectivity index (χ2n) is 4.33. The lowest BCUT2D eigenvalue weighted by Crippen LogP contribution is -2.30. The molecule has 88 valence electrons. The molecule has 2 aliphatic rings. The fourth-order valence-corrected chi connectivity index (χ4v) is 2.46. The number of amides is 2. The first-order chi connectivity index (χ1) is 8.05. The molecule has 1 aliphatic heterocycles. The van der Waals surface area contributed by atoms with E-state index in [1.807, 2.05) is 0 Å². The summed E-state index contributed by atoms with van der Waals surface area (Å²) in [4.78, 5) is 23.0. The molecule has 3 rings (SSSR count). The van der Waals surface area contributed by atoms with Gasteiger partial charge in [-0.2, -0.15) is 0 Å². The molecule has 1 aromatic carbocycles. The molecule has 2 amide bonds. The van der Waals surface area contributed by atoms with Crippen LogP contribution < -0.4 is 10.7 Å². The topological polar surface area (TPSA) is 49.4 Å². The molecule has 1 N–H and O–H groups in total. The summed E-state index contributed by atoms with van der Waals surface area (Å²) >= 11 is 0. The van der Waals surface area contributed by atoms with Gasteiger partial charge in [-0.15, -0.1) is 0 Å². The van der Waals surface area contributed by atoms with E-state index >= 15 is 0 Å². The molecule has 0 spiro atoms. The van der Waals surface area contributed by atoms with Crippen LogP contribution in [0, 0.1) is 5.92 Å². The minimum atomic E-state index is -0.994. The predicted octanol–water partition coefficient (Wildman–Crippen LogP) is 1.18. The van der Waals surface area contributed by atoms with Crippen molar-refractivity contribution in [1.29, 1.82) is 0 Å². The second-order valence-corrected chi connectivity index (χ2v) is 4.33. The van der Waals surface area contributed by atoms with Gasteiger partial charge in [-0.05, 0) is 29.5 Å². The SMILES string of the molecule is O=C1NC(=O)[C@]2(c3ccc(N(F)F)cc3)CC12. The van der Waals surface area contributed by atoms with E-state index in [0.717, 1.165) is 0 Å². The number of anilines is 1. The number of hydrogen-bond acceptors (Lipinski definition) is 3. The van der Waals surface area contributed by atoms with Gasteiger partial charge in [0.05, 0.1) is 11.3 Å². The van der Waals surface area contributed by atoms with Crippen LogP contribution in [0.15, 0.2) is 24.3 Å². The molecule has 1 saturated carbocycles. The number of benzene rings is 1. The van der Waals surface area contributed by atoms with E-state index in [-0.39, 0.29) is 23.4 Å². The maximum Gasteiger partial charge on any atom is 0.238 e. The molecule has 1 heterocycles. The van der Waals surface area contributed by atoms with E-state index in [9.17, 15) is 18.6 Å². The van der Waals surface area contributed by atoms with Crippen LogP contribution in [0.3, 0.4) is 0 Å². The number of piperidine rings is 1. The van der Waals surface area contributed by atoms with Crippen molar-refractivity contribution < 1.29 is 18.6 Å². The zero-order valence-corrected chi connectivity index (χ0v) is 8.61. The van der Waals surface area contributed by atoms with Crippen molar-refractivity contribution in [2.24, 2.45) is 5.92 Å². The Balaban J connectivity index is 1.96. The number of carbonyl (C=O) groups is 2. The predicted molar refractivity (Wildman–Crippen MR) is 54.1 cm³/mol. The average molecular weight is 238 g/mol. The molecule has 0 radical (unpaired) electrons. The highest BCUT2D eigenvalue weighted by Crippen LogP contribution is 2.57. The van der Waals surface area contributed by atoms with Crippen LogP contribution in [-0.2, 0) is 15.0 Å². The third-order valence-electron chi connectivity index (χ3n) is 3.50. The summed E-state index contributed by atoms with van der Waals surface area (Å²) in [7, 11) is 0. The number of imide groups is 1. The van der Waals surface area contributed by atoms with Crippen LogP contribution in [-0.4, -0.2) is 11.8 Å². The molecule has 2 fully saturated rings. The highest BCUT2D eigenvalue weighted by molar-refractivity contribution is 6.15. The van der Waals surface area contributed by atoms with Crippen LogP contribution in [0.5, 0.6) is 0 Å². The first kappa shape index (κ1) is 10.2. The summed E-state index contributed by atoms with van der Waals surface area (Å²) in [5.41, 5.74) is -0.420. The average Bonchev–Trinajstić information content (AvgIpc) is 3.00. The van der Waals surface area contributed by atoms with Crippen molar-refractivity contribution in [3.05, 3.63) is 29.8 Å². The Morgan fingerprint density at radius 1 is 1.24 bits per heavy atom. The lowest BCUT2D eigenvalue weighted by molar-refractivity contribution is -0.127. The fourth-order valence-electron chi connectivity index (χ4n) is 2.46. The number of nitrogens with zero attached hydrogens (tertiary/aromatic N) is 1. The molecule has 0 bridgehead atoms. The Morgan fingerprint density at radius 3 is 2.29 bits per heavy atom. The van der Waals surface area contributed by atoms with E-state index in [1.165, 1.54) is 24.3 Å². The van der Waals surface area contributed by atoms with Crippen LogP contribution in [0.2, 0.25) is 0 Å². The number of hydrogen-bond donors (Lipinski definition) is 1. The second kappa shape index (κ2) is 3.03. The smallest absolute Gasteiger partial charge is 0.238 e. The Labute approximate surface area is 95.1 Å². The standard InChI is InChI=1S/C11H8F2N2O2/c12-15(13)7-3-1-6(2-4-7)11-5-8(11)9(16)14-10(11)17/h1-4,8H,5H2,(H,14,16,17)/t8?,11-/m0/s1. The van der Waals surface area contributed by atoms with E-state index < -0.39 is 10.8 Å². The quantitative estimate of drug-likeness (QED) is 0.621. The third-order valence-corrected chi connectivity index (χ3v) is 3.50. The maximum atomic E-state index is 12.2. The highest BCUT2D eigenvalue weighted by atomic mass is 19.4. The molecule has 0 aromatic heterocycles. The lowest BCUT2D eigenvalue weighted by atomic mass is 9.94. The summed E-state index contributed by atoms with van der Waals surface area (Å²) in [6, 6.07) is 5.41. The summed E-state index contributed by atoms with van der Waals surface area (Å²) in [5.74, 6) is -0.915. The van der Waals surface area contributed by atoms with Gasteiger partial charge in [-0.3, -0.25) is 14.9 Å². The van der Waals surface area contributed by atoms with Crippen LogP contribution >= 0.6 is 0 Å². The Hall–Kier alpha value is -1.98. The summed E-state index contributed by atoms with van der Waals surface area (Å²) < 4.78 is 24.4. The van der Waals surface area contributed by atoms with Crippen molar-refractivity contribution in [2.75, 3.05) is 5.34 Å². The summed E-state index contributed by atoms with van der Waals surface area (Å²) in [6.07, 6.45) is 0.478. The molecule has 6 heteroatoms. The first-order valence-corrected chi connectivity index (χ1v) is 5.13. The van der Waals surface area contributed by atoms with E-state index in [0.29, 0.717) is 12.0 Å². The minimum Gasteiger partial charge on any atom is -0.295 e. The fraction of sp³-hybridized carbons (Fsp3) is 0.273. The van der Waals surface area contributed by atoms with Crippen molar-refractivity contribution in [2.45, 2.75) is 11.8 Å². The molecule has 17 heavy (non-hydrogen) atoms. The number of nitrogens with one attached hydrogen (secondary N) is 1. The van der Waals surface area contributed by atoms with Gasteiger partial charge in [0.15, 0.2) is 0 Å². The van der Waals surface area contributed by atoms with E-state index in [1.54, 1.807) is 0 Å². The van der Waals surface area contributed by atoms with Gasteiger partial charge in [0.1, 0.15) is 5.69 Å². The van der Waals surface area contributed by atoms with Crippen molar-refractivity contribution >= 4 is 17.5 Å². The van der Waals surface area contributed by atoms with Gasteiger partial charge in [-0.1, -0.05) is 21.1 Å². The van der Waals surface area contributed by atoms with Gasteiger partial charge < -0.3 is 0 Å². The molecule has 1 aromatic rings. The number of carbonyl (C=O) groups excluding carboxylic acids is 2. The third kappa shape index (κ3) is 1.20. The molecule has 4 nitrogen and oxygen atoms in total. The first-order valence-electron chi connectivity index (χ1n) is 5.13. The molecule has 1 saturated heterocycles. The zero-order valence-electron chi connectivity index (χ0n) is 8.61. The zero-order chi connectivity index (χ0) is 12.2. The summed E-state index contributed by atoms with van der Waals surface area (Å²) in [5, 5.41) is 1.26. The Morgan fingerprint density at radius 2 is 1.88 bits per heavy atom. The van der Waals surface area contributed by atoms with Crippen LogP contribution in [0.1, 0.15) is 12.0 Å². The van der Waals surface area contributed by atoms with Crippen molar-refractivity contribution in [3.8, 4) is 0 Å². The van der Waals surface area contributed by atoms with Gasteiger partial charge in [0.25, 0.3) is 0 Å². The van der Waals surface area contributed by atoms with Crippen molar-refractivity contribution in [1.82, 2.24) is 5.32 Å². The van der Waals surface area contributed by atoms with Gasteiger partial charge >= 0.3 is 0 Å². The van der Waals surface area contributed by atoms with Crippen molar-refractivity contribution in [3.63, 3.8) is 0 Å². The van der Waals surface area contributed by atoms with Crippen LogP contribution in [0.25, 0.3) is 0 Å². The number of halogens is 2. The number of rotatable bonds is 2. The van der Waals surface area contributed by atoms with E-state index in [2.05, 4.69) is 5.32 Å². The van der Waals surface area contributed by atoms with Gasteiger partial charge in [0.2, 0.25) is 11.8 Å². The largest absolute Gasteiger partial charge is 0.295 e. The maximum absolute atomic E-state index is 12.2. The molecule has 2 atom stereocenters. The minimum absolute atomic E-state index is 0.243. The summed E-state index contributed by atoms with van der Waals surface area (Å²) in [6.45, 7) is 0. The Bertz CT molecular complexity index is 515. The normalized spacial score (nSPS) is 29.9. The number of fused-ring (bicyclic) bond motifs is 1. The Kier molecular flexibility index (Phi) is 1.81.